The fraction of sp³-hybridized carbons (Fsp3) is 0.385. The molecule has 1 aliphatic carbocycles. The molecule has 1 aromatic carbocycles. The molecule has 0 aliphatic heterocycles. The van der Waals surface area contributed by atoms with Crippen molar-refractivity contribution >= 4 is 33.6 Å². The number of rotatable bonds is 5. The molecule has 0 aromatic heterocycles. The van der Waals surface area contributed by atoms with Crippen molar-refractivity contribution in [3.8, 4) is 5.75 Å². The van der Waals surface area contributed by atoms with Gasteiger partial charge in [-0.2, -0.15) is 0 Å². The lowest BCUT2D eigenvalue weighted by Crippen LogP contribution is -2.44. The number of carboxylic acid groups (broad SMARTS) is 1. The van der Waals surface area contributed by atoms with E-state index in [0.717, 1.165) is 17.3 Å². The summed E-state index contributed by atoms with van der Waals surface area (Å²) in [7, 11) is 1.53. The van der Waals surface area contributed by atoms with Gasteiger partial charge < -0.3 is 20.5 Å². The van der Waals surface area contributed by atoms with Crippen LogP contribution >= 0.6 is 15.9 Å². The lowest BCUT2D eigenvalue weighted by molar-refractivity contribution is -0.139. The van der Waals surface area contributed by atoms with Gasteiger partial charge >= 0.3 is 12.0 Å². The van der Waals surface area contributed by atoms with E-state index in [0.29, 0.717) is 11.4 Å². The summed E-state index contributed by atoms with van der Waals surface area (Å²) >= 11 is 3.31. The Labute approximate surface area is 124 Å². The summed E-state index contributed by atoms with van der Waals surface area (Å²) in [6.07, 6.45) is 1.67. The van der Waals surface area contributed by atoms with Crippen molar-refractivity contribution < 1.29 is 19.4 Å². The monoisotopic (exact) mass is 342 g/mol. The molecule has 0 saturated heterocycles. The first-order valence-corrected chi connectivity index (χ1v) is 6.94. The first-order valence-electron chi connectivity index (χ1n) is 6.14. The summed E-state index contributed by atoms with van der Waals surface area (Å²) in [6, 6.07) is 3.74. The first kappa shape index (κ1) is 14.6. The van der Waals surface area contributed by atoms with Gasteiger partial charge in [0.2, 0.25) is 0 Å². The predicted molar refractivity (Wildman–Crippen MR) is 77.0 cm³/mol. The van der Waals surface area contributed by atoms with Crippen LogP contribution in [0.15, 0.2) is 22.7 Å². The number of carbonyl (C=O) groups is 2. The first-order chi connectivity index (χ1) is 9.49. The molecule has 2 rings (SSSR count). The number of carbonyl (C=O) groups excluding carboxylic acids is 1. The quantitative estimate of drug-likeness (QED) is 0.766. The Kier molecular flexibility index (Phi) is 4.49. The number of halogens is 1. The van der Waals surface area contributed by atoms with Gasteiger partial charge in [-0.25, -0.2) is 9.59 Å². The van der Waals surface area contributed by atoms with Crippen LogP contribution in [-0.4, -0.2) is 30.3 Å². The van der Waals surface area contributed by atoms with Crippen LogP contribution in [0.5, 0.6) is 5.75 Å². The normalized spacial score (nSPS) is 15.3. The summed E-state index contributed by atoms with van der Waals surface area (Å²) < 4.78 is 5.84. The number of anilines is 1. The van der Waals surface area contributed by atoms with Crippen molar-refractivity contribution in [2.24, 2.45) is 5.92 Å². The maximum absolute atomic E-state index is 11.8. The third kappa shape index (κ3) is 3.86. The van der Waals surface area contributed by atoms with E-state index < -0.39 is 18.0 Å². The molecular formula is C13H15BrN2O4. The molecule has 0 heterocycles. The summed E-state index contributed by atoms with van der Waals surface area (Å²) in [6.45, 7) is 0. The second kappa shape index (κ2) is 6.13. The van der Waals surface area contributed by atoms with Gasteiger partial charge in [0.15, 0.2) is 0 Å². The lowest BCUT2D eigenvalue weighted by Gasteiger charge is -2.14. The third-order valence-corrected chi connectivity index (χ3v) is 3.47. The van der Waals surface area contributed by atoms with Crippen molar-refractivity contribution in [1.29, 1.82) is 0 Å². The van der Waals surface area contributed by atoms with E-state index in [4.69, 9.17) is 9.84 Å². The van der Waals surface area contributed by atoms with Crippen LogP contribution in [-0.2, 0) is 4.79 Å². The smallest absolute Gasteiger partial charge is 0.326 e. The molecule has 0 radical (unpaired) electrons. The van der Waals surface area contributed by atoms with Gasteiger partial charge in [-0.1, -0.05) is 15.9 Å². The SMILES string of the molecule is COc1cc(Br)cc(NC(=O)NC(C(=O)O)C2CC2)c1. The van der Waals surface area contributed by atoms with E-state index in [9.17, 15) is 9.59 Å². The van der Waals surface area contributed by atoms with Gasteiger partial charge in [0.05, 0.1) is 7.11 Å². The molecule has 1 aromatic rings. The van der Waals surface area contributed by atoms with Crippen LogP contribution in [0.4, 0.5) is 10.5 Å². The molecular weight excluding hydrogens is 328 g/mol. The molecule has 0 spiro atoms. The molecule has 0 bridgehead atoms. The molecule has 20 heavy (non-hydrogen) atoms. The lowest BCUT2D eigenvalue weighted by atomic mass is 10.2. The molecule has 3 N–H and O–H groups in total. The fourth-order valence-corrected chi connectivity index (χ4v) is 2.34. The number of hydrogen-bond donors (Lipinski definition) is 3. The number of nitrogens with one attached hydrogen (secondary N) is 2. The maximum Gasteiger partial charge on any atom is 0.326 e. The van der Waals surface area contributed by atoms with E-state index >= 15 is 0 Å². The van der Waals surface area contributed by atoms with Crippen LogP contribution in [0.3, 0.4) is 0 Å². The highest BCUT2D eigenvalue weighted by Gasteiger charge is 2.37. The summed E-state index contributed by atoms with van der Waals surface area (Å²) in [5.41, 5.74) is 0.522. The Morgan fingerprint density at radius 2 is 2.10 bits per heavy atom. The van der Waals surface area contributed by atoms with E-state index in [1.54, 1.807) is 18.2 Å². The topological polar surface area (TPSA) is 87.7 Å². The Hall–Kier alpha value is -1.76. The van der Waals surface area contributed by atoms with E-state index in [1.807, 2.05) is 0 Å². The molecule has 1 atom stereocenters. The van der Waals surface area contributed by atoms with Crippen molar-refractivity contribution in [1.82, 2.24) is 5.32 Å². The van der Waals surface area contributed by atoms with E-state index in [-0.39, 0.29) is 5.92 Å². The Morgan fingerprint density at radius 3 is 2.65 bits per heavy atom. The van der Waals surface area contributed by atoms with Crippen LogP contribution in [0.25, 0.3) is 0 Å². The predicted octanol–water partition coefficient (Wildman–Crippen LogP) is 2.44. The van der Waals surface area contributed by atoms with Gasteiger partial charge in [0.25, 0.3) is 0 Å². The number of amides is 2. The van der Waals surface area contributed by atoms with Crippen molar-refractivity contribution in [2.45, 2.75) is 18.9 Å². The zero-order valence-electron chi connectivity index (χ0n) is 10.9. The van der Waals surface area contributed by atoms with Crippen molar-refractivity contribution in [3.05, 3.63) is 22.7 Å². The standard InChI is InChI=1S/C13H15BrN2O4/c1-20-10-5-8(14)4-9(6-10)15-13(19)16-11(12(17)18)7-2-3-7/h4-7,11H,2-3H2,1H3,(H,17,18)(H2,15,16,19). The summed E-state index contributed by atoms with van der Waals surface area (Å²) in [4.78, 5) is 22.9. The van der Waals surface area contributed by atoms with E-state index in [1.165, 1.54) is 7.11 Å². The highest BCUT2D eigenvalue weighted by Crippen LogP contribution is 2.32. The minimum Gasteiger partial charge on any atom is -0.497 e. The number of aliphatic carboxylic acids is 1. The number of carboxylic acids is 1. The van der Waals surface area contributed by atoms with Crippen molar-refractivity contribution in [2.75, 3.05) is 12.4 Å². The molecule has 1 saturated carbocycles. The molecule has 6 nitrogen and oxygen atoms in total. The van der Waals surface area contributed by atoms with Gasteiger partial charge in [0.1, 0.15) is 11.8 Å². The molecule has 108 valence electrons. The van der Waals surface area contributed by atoms with Gasteiger partial charge in [0, 0.05) is 16.2 Å². The second-order valence-corrected chi connectivity index (χ2v) is 5.55. The number of ether oxygens (including phenoxy) is 1. The third-order valence-electron chi connectivity index (χ3n) is 3.01. The van der Waals surface area contributed by atoms with E-state index in [2.05, 4.69) is 26.6 Å². The number of hydrogen-bond acceptors (Lipinski definition) is 3. The Bertz CT molecular complexity index is 531. The molecule has 1 aliphatic rings. The molecule has 2 amide bonds. The van der Waals surface area contributed by atoms with Crippen LogP contribution in [0.1, 0.15) is 12.8 Å². The van der Waals surface area contributed by atoms with Gasteiger partial charge in [-0.05, 0) is 30.9 Å². The Morgan fingerprint density at radius 1 is 1.40 bits per heavy atom. The highest BCUT2D eigenvalue weighted by atomic mass is 79.9. The molecule has 1 unspecified atom stereocenters. The summed E-state index contributed by atoms with van der Waals surface area (Å²) in [5, 5.41) is 14.1. The second-order valence-electron chi connectivity index (χ2n) is 4.63. The van der Waals surface area contributed by atoms with Gasteiger partial charge in [-0.15, -0.1) is 0 Å². The zero-order valence-corrected chi connectivity index (χ0v) is 12.4. The Balaban J connectivity index is 2.00. The largest absolute Gasteiger partial charge is 0.497 e. The van der Waals surface area contributed by atoms with Crippen LogP contribution in [0.2, 0.25) is 0 Å². The average Bonchev–Trinajstić information content (AvgIpc) is 3.19. The van der Waals surface area contributed by atoms with Crippen molar-refractivity contribution in [3.63, 3.8) is 0 Å². The minimum absolute atomic E-state index is 0.0373. The highest BCUT2D eigenvalue weighted by molar-refractivity contribution is 9.10. The number of methoxy groups -OCH3 is 1. The van der Waals surface area contributed by atoms with Crippen LogP contribution < -0.4 is 15.4 Å². The minimum atomic E-state index is -1.01. The van der Waals surface area contributed by atoms with Gasteiger partial charge in [-0.3, -0.25) is 0 Å². The fourth-order valence-electron chi connectivity index (χ4n) is 1.87. The number of urea groups is 1. The van der Waals surface area contributed by atoms with Crippen LogP contribution in [0, 0.1) is 5.92 Å². The zero-order chi connectivity index (χ0) is 14.7. The maximum atomic E-state index is 11.8. The summed E-state index contributed by atoms with van der Waals surface area (Å²) in [5.74, 6) is -0.378. The number of benzene rings is 1. The average molecular weight is 343 g/mol. The molecule has 7 heteroatoms. The molecule has 1 fully saturated rings.